The first-order valence-electron chi connectivity index (χ1n) is 8.34. The summed E-state index contributed by atoms with van der Waals surface area (Å²) in [6.45, 7) is 0. The van der Waals surface area contributed by atoms with Gasteiger partial charge >= 0.3 is 0 Å². The Hall–Kier alpha value is -2.92. The number of anilines is 1. The summed E-state index contributed by atoms with van der Waals surface area (Å²) in [5, 5.41) is 23.4. The average Bonchev–Trinajstić information content (AvgIpc) is 2.89. The quantitative estimate of drug-likeness (QED) is 0.332. The van der Waals surface area contributed by atoms with Gasteiger partial charge in [0.1, 0.15) is 5.75 Å². The summed E-state index contributed by atoms with van der Waals surface area (Å²) in [5.41, 5.74) is 2.33. The molecule has 1 N–H and O–H groups in total. The monoisotopic (exact) mass is 475 g/mol. The largest absolute Gasteiger partial charge is 0.496 e. The summed E-state index contributed by atoms with van der Waals surface area (Å²) in [7, 11) is 1.50. The number of methoxy groups -OCH3 is 1. The second kappa shape index (κ2) is 7.84. The van der Waals surface area contributed by atoms with Crippen molar-refractivity contribution in [1.29, 1.82) is 0 Å². The number of rotatable bonds is 4. The Morgan fingerprint density at radius 2 is 2.10 bits per heavy atom. The lowest BCUT2D eigenvalue weighted by atomic mass is 10.1. The van der Waals surface area contributed by atoms with Gasteiger partial charge in [-0.15, -0.1) is 10.2 Å². The summed E-state index contributed by atoms with van der Waals surface area (Å²) >= 11 is 4.80. The lowest BCUT2D eigenvalue weighted by Crippen LogP contribution is -2.18. The molecule has 0 aliphatic carbocycles. The first kappa shape index (κ1) is 19.4. The van der Waals surface area contributed by atoms with E-state index < -0.39 is 11.2 Å². The molecule has 0 saturated carbocycles. The van der Waals surface area contributed by atoms with Crippen molar-refractivity contribution >= 4 is 39.1 Å². The van der Waals surface area contributed by atoms with Crippen molar-refractivity contribution in [2.75, 3.05) is 18.7 Å². The number of non-ortho nitro benzene ring substituents is 1. The highest BCUT2D eigenvalue weighted by Crippen LogP contribution is 2.42. The molecule has 1 aromatic heterocycles. The highest BCUT2D eigenvalue weighted by molar-refractivity contribution is 9.10. The molecule has 1 aliphatic heterocycles. The van der Waals surface area contributed by atoms with Crippen molar-refractivity contribution in [2.45, 2.75) is 11.4 Å². The molecular weight excluding hydrogens is 462 g/mol. The van der Waals surface area contributed by atoms with Gasteiger partial charge in [-0.3, -0.25) is 10.1 Å². The fourth-order valence-corrected chi connectivity index (χ4v) is 3.60. The number of benzene rings is 2. The zero-order chi connectivity index (χ0) is 20.5. The van der Waals surface area contributed by atoms with E-state index in [0.717, 1.165) is 15.7 Å². The molecule has 3 aromatic rings. The third-order valence-corrected chi connectivity index (χ3v) is 5.31. The second-order valence-corrected chi connectivity index (χ2v) is 7.66. The Kier molecular flexibility index (Phi) is 5.24. The predicted octanol–water partition coefficient (Wildman–Crippen LogP) is 4.44. The number of nitrogens with zero attached hydrogens (tertiary/aromatic N) is 4. The summed E-state index contributed by atoms with van der Waals surface area (Å²) in [5.74, 6) is 0.717. The van der Waals surface area contributed by atoms with E-state index in [-0.39, 0.29) is 11.6 Å². The van der Waals surface area contributed by atoms with Gasteiger partial charge in [-0.05, 0) is 30.5 Å². The first-order chi connectivity index (χ1) is 14.0. The van der Waals surface area contributed by atoms with Gasteiger partial charge in [0.05, 0.1) is 17.6 Å². The van der Waals surface area contributed by atoms with E-state index in [0.29, 0.717) is 22.2 Å². The minimum absolute atomic E-state index is 0.0719. The number of nitro groups is 1. The van der Waals surface area contributed by atoms with Crippen molar-refractivity contribution in [3.05, 3.63) is 56.5 Å². The van der Waals surface area contributed by atoms with Crippen molar-refractivity contribution in [2.24, 2.45) is 0 Å². The number of ether oxygens (including phenoxy) is 2. The standard InChI is InChI=1S/C18H14BrN5O4S/c1-27-14-6-4-10(24(25)26)8-12(14)16-20-13-5-3-9(19)7-11(13)15-17(28-16)21-18(29-2)23-22-15/h3-8,16,20H,1-2H3. The maximum Gasteiger partial charge on any atom is 0.270 e. The van der Waals surface area contributed by atoms with E-state index >= 15 is 0 Å². The maximum atomic E-state index is 11.3. The summed E-state index contributed by atoms with van der Waals surface area (Å²) in [4.78, 5) is 15.3. The molecule has 0 fully saturated rings. The molecule has 1 atom stereocenters. The smallest absolute Gasteiger partial charge is 0.270 e. The van der Waals surface area contributed by atoms with E-state index in [9.17, 15) is 10.1 Å². The SMILES string of the molecule is COc1ccc([N+](=O)[O-])cc1C1Nc2ccc(Br)cc2-c2nnc(SC)nc2O1. The van der Waals surface area contributed by atoms with Gasteiger partial charge in [0, 0.05) is 27.9 Å². The molecule has 9 nitrogen and oxygen atoms in total. The second-order valence-electron chi connectivity index (χ2n) is 5.97. The number of halogens is 1. The molecule has 1 unspecified atom stereocenters. The van der Waals surface area contributed by atoms with Crippen LogP contribution in [0.1, 0.15) is 11.8 Å². The first-order valence-corrected chi connectivity index (χ1v) is 10.4. The zero-order valence-electron chi connectivity index (χ0n) is 15.2. The molecule has 29 heavy (non-hydrogen) atoms. The molecule has 0 radical (unpaired) electrons. The molecule has 2 aromatic carbocycles. The van der Waals surface area contributed by atoms with E-state index in [4.69, 9.17) is 9.47 Å². The van der Waals surface area contributed by atoms with Crippen LogP contribution in [-0.4, -0.2) is 33.5 Å². The van der Waals surface area contributed by atoms with Crippen LogP contribution in [0.3, 0.4) is 0 Å². The zero-order valence-corrected chi connectivity index (χ0v) is 17.7. The van der Waals surface area contributed by atoms with Crippen LogP contribution >= 0.6 is 27.7 Å². The highest BCUT2D eigenvalue weighted by Gasteiger charge is 2.29. The normalized spacial score (nSPS) is 14.7. The minimum atomic E-state index is -0.794. The van der Waals surface area contributed by atoms with Crippen LogP contribution in [0.15, 0.2) is 46.0 Å². The van der Waals surface area contributed by atoms with Crippen molar-refractivity contribution < 1.29 is 14.4 Å². The van der Waals surface area contributed by atoms with Crippen molar-refractivity contribution in [1.82, 2.24) is 15.2 Å². The number of hydrogen-bond acceptors (Lipinski definition) is 9. The Morgan fingerprint density at radius 1 is 1.28 bits per heavy atom. The van der Waals surface area contributed by atoms with Crippen LogP contribution in [0.5, 0.6) is 11.6 Å². The number of nitrogens with one attached hydrogen (secondary N) is 1. The molecule has 2 heterocycles. The van der Waals surface area contributed by atoms with E-state index in [1.807, 2.05) is 24.5 Å². The van der Waals surface area contributed by atoms with E-state index in [1.54, 1.807) is 6.07 Å². The van der Waals surface area contributed by atoms with Gasteiger partial charge in [0.2, 0.25) is 17.3 Å². The topological polar surface area (TPSA) is 112 Å². The Morgan fingerprint density at radius 3 is 2.83 bits per heavy atom. The van der Waals surface area contributed by atoms with Crippen LogP contribution in [-0.2, 0) is 0 Å². The molecule has 0 bridgehead atoms. The Labute approximate surface area is 178 Å². The van der Waals surface area contributed by atoms with Gasteiger partial charge in [-0.1, -0.05) is 27.7 Å². The van der Waals surface area contributed by atoms with Gasteiger partial charge in [0.25, 0.3) is 5.69 Å². The molecule has 4 rings (SSSR count). The molecule has 1 aliphatic rings. The van der Waals surface area contributed by atoms with Crippen LogP contribution < -0.4 is 14.8 Å². The maximum absolute atomic E-state index is 11.3. The van der Waals surface area contributed by atoms with Crippen LogP contribution in [0.4, 0.5) is 11.4 Å². The molecule has 148 valence electrons. The van der Waals surface area contributed by atoms with Crippen LogP contribution in [0.25, 0.3) is 11.3 Å². The number of nitro benzene ring substituents is 1. The summed E-state index contributed by atoms with van der Waals surface area (Å²) in [6, 6.07) is 9.96. The average molecular weight is 476 g/mol. The molecular formula is C18H14BrN5O4S. The van der Waals surface area contributed by atoms with E-state index in [1.165, 1.54) is 31.0 Å². The molecule has 0 amide bonds. The molecule has 0 spiro atoms. The fourth-order valence-electron chi connectivity index (χ4n) is 2.94. The van der Waals surface area contributed by atoms with Gasteiger partial charge in [0.15, 0.2) is 5.69 Å². The third kappa shape index (κ3) is 3.70. The van der Waals surface area contributed by atoms with Crippen LogP contribution in [0.2, 0.25) is 0 Å². The minimum Gasteiger partial charge on any atom is -0.496 e. The predicted molar refractivity (Wildman–Crippen MR) is 111 cm³/mol. The Balaban J connectivity index is 1.90. The number of fused-ring (bicyclic) bond motifs is 3. The molecule has 0 saturated heterocycles. The van der Waals surface area contributed by atoms with E-state index in [2.05, 4.69) is 36.4 Å². The van der Waals surface area contributed by atoms with Gasteiger partial charge in [-0.2, -0.15) is 4.98 Å². The molecule has 11 heteroatoms. The summed E-state index contributed by atoms with van der Waals surface area (Å²) < 4.78 is 12.4. The lowest BCUT2D eigenvalue weighted by Gasteiger charge is -2.21. The van der Waals surface area contributed by atoms with Gasteiger partial charge in [-0.25, -0.2) is 0 Å². The lowest BCUT2D eigenvalue weighted by molar-refractivity contribution is -0.385. The number of hydrogen-bond donors (Lipinski definition) is 1. The van der Waals surface area contributed by atoms with Crippen LogP contribution in [0, 0.1) is 10.1 Å². The Bertz CT molecular complexity index is 1110. The number of aromatic nitrogens is 3. The summed E-state index contributed by atoms with van der Waals surface area (Å²) in [6.07, 6.45) is 1.04. The fraction of sp³-hybridized carbons (Fsp3) is 0.167. The third-order valence-electron chi connectivity index (χ3n) is 4.28. The number of thioether (sulfide) groups is 1. The van der Waals surface area contributed by atoms with Gasteiger partial charge < -0.3 is 14.8 Å². The van der Waals surface area contributed by atoms with Crippen molar-refractivity contribution in [3.63, 3.8) is 0 Å². The highest BCUT2D eigenvalue weighted by atomic mass is 79.9. The van der Waals surface area contributed by atoms with Crippen molar-refractivity contribution in [3.8, 4) is 22.9 Å².